The summed E-state index contributed by atoms with van der Waals surface area (Å²) in [5.74, 6) is 0. The largest absolute Gasteiger partial charge is 0.336 e. The fourth-order valence-corrected chi connectivity index (χ4v) is 2.57. The third-order valence-corrected chi connectivity index (χ3v) is 3.65. The minimum atomic E-state index is -0.210. The standard InChI is InChI=1S/C14H18N4OS/c1-18(2)13(11-5-8-20-10-11)9-16-14(19)17-12-3-6-15-7-4-12/h3-8,10,13H,9H2,1-2H3,(H2,15,16,17,19)/t13-/m1/s1. The first-order valence-corrected chi connectivity index (χ1v) is 7.24. The number of urea groups is 1. The summed E-state index contributed by atoms with van der Waals surface area (Å²) in [6.07, 6.45) is 3.28. The first-order chi connectivity index (χ1) is 9.66. The van der Waals surface area contributed by atoms with Gasteiger partial charge in [-0.05, 0) is 48.6 Å². The average Bonchev–Trinajstić information content (AvgIpc) is 2.93. The summed E-state index contributed by atoms with van der Waals surface area (Å²) in [6.45, 7) is 0.556. The summed E-state index contributed by atoms with van der Waals surface area (Å²) in [5.41, 5.74) is 1.94. The summed E-state index contributed by atoms with van der Waals surface area (Å²) in [7, 11) is 4.01. The summed E-state index contributed by atoms with van der Waals surface area (Å²) in [4.78, 5) is 17.8. The van der Waals surface area contributed by atoms with Crippen molar-refractivity contribution in [1.29, 1.82) is 0 Å². The number of thiophene rings is 1. The van der Waals surface area contributed by atoms with Crippen molar-refractivity contribution in [3.05, 3.63) is 46.9 Å². The lowest BCUT2D eigenvalue weighted by molar-refractivity contribution is 0.243. The molecule has 0 radical (unpaired) electrons. The lowest BCUT2D eigenvalue weighted by atomic mass is 10.1. The molecule has 0 saturated carbocycles. The maximum Gasteiger partial charge on any atom is 0.319 e. The Hall–Kier alpha value is -1.92. The quantitative estimate of drug-likeness (QED) is 0.890. The van der Waals surface area contributed by atoms with Crippen LogP contribution in [0.25, 0.3) is 0 Å². The molecule has 0 spiro atoms. The normalized spacial score (nSPS) is 12.2. The summed E-state index contributed by atoms with van der Waals surface area (Å²) < 4.78 is 0. The van der Waals surface area contributed by atoms with Crippen LogP contribution in [0.5, 0.6) is 0 Å². The molecule has 0 bridgehead atoms. The number of carbonyl (C=O) groups excluding carboxylic acids is 1. The highest BCUT2D eigenvalue weighted by Crippen LogP contribution is 2.19. The van der Waals surface area contributed by atoms with Crippen LogP contribution in [0.3, 0.4) is 0 Å². The van der Waals surface area contributed by atoms with Crippen LogP contribution in [0.1, 0.15) is 11.6 Å². The second kappa shape index (κ2) is 7.02. The molecule has 2 heterocycles. The zero-order valence-electron chi connectivity index (χ0n) is 11.5. The van der Waals surface area contributed by atoms with E-state index in [1.165, 1.54) is 5.56 Å². The summed E-state index contributed by atoms with van der Waals surface area (Å²) >= 11 is 1.66. The molecule has 0 unspecified atom stereocenters. The van der Waals surface area contributed by atoms with Crippen LogP contribution in [0.15, 0.2) is 41.4 Å². The molecule has 0 aliphatic rings. The second-order valence-electron chi connectivity index (χ2n) is 4.61. The molecular weight excluding hydrogens is 272 g/mol. The van der Waals surface area contributed by atoms with Crippen molar-refractivity contribution < 1.29 is 4.79 Å². The maximum absolute atomic E-state index is 11.9. The molecule has 2 N–H and O–H groups in total. The van der Waals surface area contributed by atoms with Crippen molar-refractivity contribution in [2.45, 2.75) is 6.04 Å². The van der Waals surface area contributed by atoms with Gasteiger partial charge in [0.2, 0.25) is 0 Å². The van der Waals surface area contributed by atoms with E-state index in [1.54, 1.807) is 35.9 Å². The molecule has 5 nitrogen and oxygen atoms in total. The Bertz CT molecular complexity index is 527. The van der Waals surface area contributed by atoms with Gasteiger partial charge in [-0.25, -0.2) is 4.79 Å². The third kappa shape index (κ3) is 4.04. The van der Waals surface area contributed by atoms with Crippen LogP contribution < -0.4 is 10.6 Å². The predicted molar refractivity (Wildman–Crippen MR) is 82.0 cm³/mol. The molecule has 2 amide bonds. The smallest absolute Gasteiger partial charge is 0.319 e. The van der Waals surface area contributed by atoms with Crippen molar-refractivity contribution in [3.8, 4) is 0 Å². The number of nitrogens with one attached hydrogen (secondary N) is 2. The number of likely N-dealkylation sites (N-methyl/N-ethyl adjacent to an activating group) is 1. The zero-order valence-corrected chi connectivity index (χ0v) is 12.4. The minimum absolute atomic E-state index is 0.171. The molecule has 0 saturated heterocycles. The monoisotopic (exact) mass is 290 g/mol. The Morgan fingerprint density at radius 3 is 2.70 bits per heavy atom. The van der Waals surface area contributed by atoms with Crippen LogP contribution in [-0.4, -0.2) is 36.6 Å². The van der Waals surface area contributed by atoms with Crippen LogP contribution in [0, 0.1) is 0 Å². The lowest BCUT2D eigenvalue weighted by Crippen LogP contribution is -2.36. The van der Waals surface area contributed by atoms with Crippen molar-refractivity contribution >= 4 is 23.1 Å². The molecule has 20 heavy (non-hydrogen) atoms. The number of pyridine rings is 1. The Kier molecular flexibility index (Phi) is 5.09. The van der Waals surface area contributed by atoms with Crippen molar-refractivity contribution in [3.63, 3.8) is 0 Å². The van der Waals surface area contributed by atoms with Gasteiger partial charge in [-0.2, -0.15) is 11.3 Å². The van der Waals surface area contributed by atoms with E-state index in [1.807, 2.05) is 19.5 Å². The van der Waals surface area contributed by atoms with Gasteiger partial charge in [0.05, 0.1) is 6.04 Å². The molecule has 6 heteroatoms. The van der Waals surface area contributed by atoms with E-state index in [9.17, 15) is 4.79 Å². The molecular formula is C14H18N4OS. The van der Waals surface area contributed by atoms with Gasteiger partial charge in [0, 0.05) is 24.6 Å². The molecule has 0 aliphatic heterocycles. The Morgan fingerprint density at radius 1 is 1.35 bits per heavy atom. The Balaban J connectivity index is 1.88. The van der Waals surface area contributed by atoms with Crippen LogP contribution in [-0.2, 0) is 0 Å². The van der Waals surface area contributed by atoms with Gasteiger partial charge in [-0.3, -0.25) is 4.98 Å². The fourth-order valence-electron chi connectivity index (χ4n) is 1.86. The molecule has 1 atom stereocenters. The first-order valence-electron chi connectivity index (χ1n) is 6.30. The first kappa shape index (κ1) is 14.5. The Morgan fingerprint density at radius 2 is 2.10 bits per heavy atom. The predicted octanol–water partition coefficient (Wildman–Crippen LogP) is 2.57. The average molecular weight is 290 g/mol. The molecule has 0 aliphatic carbocycles. The van der Waals surface area contributed by atoms with Gasteiger partial charge < -0.3 is 15.5 Å². The molecule has 2 aromatic rings. The van der Waals surface area contributed by atoms with Gasteiger partial charge in [0.15, 0.2) is 0 Å². The highest BCUT2D eigenvalue weighted by molar-refractivity contribution is 7.07. The number of rotatable bonds is 5. The fraction of sp³-hybridized carbons (Fsp3) is 0.286. The van der Waals surface area contributed by atoms with Gasteiger partial charge in [0.25, 0.3) is 0 Å². The number of aromatic nitrogens is 1. The van der Waals surface area contributed by atoms with E-state index < -0.39 is 0 Å². The number of hydrogen-bond donors (Lipinski definition) is 2. The van der Waals surface area contributed by atoms with Crippen LogP contribution in [0.4, 0.5) is 10.5 Å². The zero-order chi connectivity index (χ0) is 14.4. The van der Waals surface area contributed by atoms with Crippen molar-refractivity contribution in [1.82, 2.24) is 15.2 Å². The number of carbonyl (C=O) groups is 1. The number of hydrogen-bond acceptors (Lipinski definition) is 4. The highest BCUT2D eigenvalue weighted by Gasteiger charge is 2.15. The lowest BCUT2D eigenvalue weighted by Gasteiger charge is -2.24. The van der Waals surface area contributed by atoms with Crippen LogP contribution in [0.2, 0.25) is 0 Å². The molecule has 2 rings (SSSR count). The summed E-state index contributed by atoms with van der Waals surface area (Å²) in [6, 6.07) is 5.55. The van der Waals surface area contributed by atoms with E-state index in [0.717, 1.165) is 5.69 Å². The molecule has 106 valence electrons. The van der Waals surface area contributed by atoms with E-state index in [-0.39, 0.29) is 12.1 Å². The summed E-state index contributed by atoms with van der Waals surface area (Å²) in [5, 5.41) is 9.82. The SMILES string of the molecule is CN(C)[C@H](CNC(=O)Nc1ccncc1)c1ccsc1. The Labute approximate surface area is 122 Å². The van der Waals surface area contributed by atoms with Gasteiger partial charge >= 0.3 is 6.03 Å². The maximum atomic E-state index is 11.9. The van der Waals surface area contributed by atoms with Crippen molar-refractivity contribution in [2.75, 3.05) is 26.0 Å². The van der Waals surface area contributed by atoms with E-state index in [4.69, 9.17) is 0 Å². The molecule has 0 fully saturated rings. The number of amides is 2. The van der Waals surface area contributed by atoms with Gasteiger partial charge in [-0.15, -0.1) is 0 Å². The second-order valence-corrected chi connectivity index (χ2v) is 5.39. The van der Waals surface area contributed by atoms with E-state index in [0.29, 0.717) is 6.54 Å². The highest BCUT2D eigenvalue weighted by atomic mass is 32.1. The van der Waals surface area contributed by atoms with Crippen LogP contribution >= 0.6 is 11.3 Å². The third-order valence-electron chi connectivity index (χ3n) is 2.95. The van der Waals surface area contributed by atoms with E-state index >= 15 is 0 Å². The van der Waals surface area contributed by atoms with Crippen molar-refractivity contribution in [2.24, 2.45) is 0 Å². The van der Waals surface area contributed by atoms with E-state index in [2.05, 4.69) is 32.0 Å². The minimum Gasteiger partial charge on any atom is -0.336 e. The molecule has 0 aromatic carbocycles. The van der Waals surface area contributed by atoms with Gasteiger partial charge in [-0.1, -0.05) is 0 Å². The van der Waals surface area contributed by atoms with Gasteiger partial charge in [0.1, 0.15) is 0 Å². The molecule has 2 aromatic heterocycles. The topological polar surface area (TPSA) is 57.3 Å². The number of anilines is 1. The number of nitrogens with zero attached hydrogens (tertiary/aromatic N) is 2.